The second-order valence-electron chi connectivity index (χ2n) is 7.48. The summed E-state index contributed by atoms with van der Waals surface area (Å²) in [6.07, 6.45) is 4.64. The van der Waals surface area contributed by atoms with Crippen molar-refractivity contribution in [2.75, 3.05) is 6.54 Å². The zero-order valence-electron chi connectivity index (χ0n) is 15.5. The van der Waals surface area contributed by atoms with Gasteiger partial charge in [-0.1, -0.05) is 12.2 Å². The van der Waals surface area contributed by atoms with Crippen LogP contribution in [0.25, 0.3) is 0 Å². The number of hydrogen-bond donors (Lipinski definition) is 0. The van der Waals surface area contributed by atoms with Gasteiger partial charge >= 0.3 is 12.1 Å². The van der Waals surface area contributed by atoms with Crippen LogP contribution in [0, 0.1) is 0 Å². The van der Waals surface area contributed by atoms with E-state index >= 15 is 0 Å². The first-order valence-electron chi connectivity index (χ1n) is 8.59. The summed E-state index contributed by atoms with van der Waals surface area (Å²) in [6, 6.07) is 0.00978. The molecule has 0 N–H and O–H groups in total. The van der Waals surface area contributed by atoms with Crippen LogP contribution in [0.3, 0.4) is 0 Å². The molecule has 0 aromatic carbocycles. The molecule has 5 heteroatoms. The molecule has 0 aromatic rings. The van der Waals surface area contributed by atoms with Crippen molar-refractivity contribution in [1.29, 1.82) is 0 Å². The zero-order chi connectivity index (χ0) is 18.3. The Bertz CT molecular complexity index is 478. The number of piperidine rings is 1. The minimum Gasteiger partial charge on any atom is -0.459 e. The Labute approximate surface area is 145 Å². The van der Waals surface area contributed by atoms with Crippen LogP contribution in [-0.2, 0) is 14.3 Å². The number of hydrogen-bond acceptors (Lipinski definition) is 4. The first kappa shape index (κ1) is 20.3. The van der Waals surface area contributed by atoms with Gasteiger partial charge in [-0.2, -0.15) is 0 Å². The number of carbonyl (C=O) groups is 2. The summed E-state index contributed by atoms with van der Waals surface area (Å²) < 4.78 is 11.0. The third-order valence-corrected chi connectivity index (χ3v) is 3.82. The fraction of sp³-hybridized carbons (Fsp3) is 0.684. The van der Waals surface area contributed by atoms with E-state index in [-0.39, 0.29) is 18.2 Å². The molecule has 1 aliphatic heterocycles. The van der Waals surface area contributed by atoms with E-state index in [2.05, 4.69) is 13.2 Å². The van der Waals surface area contributed by atoms with Crippen molar-refractivity contribution in [2.45, 2.75) is 77.5 Å². The summed E-state index contributed by atoms with van der Waals surface area (Å²) in [5.74, 6) is -0.444. The third-order valence-electron chi connectivity index (χ3n) is 3.82. The lowest BCUT2D eigenvalue weighted by Gasteiger charge is -2.38. The van der Waals surface area contributed by atoms with Crippen molar-refractivity contribution in [3.8, 4) is 0 Å². The summed E-state index contributed by atoms with van der Waals surface area (Å²) in [5.41, 5.74) is 0.419. The Morgan fingerprint density at radius 2 is 2.00 bits per heavy atom. The highest BCUT2D eigenvalue weighted by Gasteiger charge is 2.32. The van der Waals surface area contributed by atoms with Crippen molar-refractivity contribution in [3.05, 3.63) is 24.8 Å². The van der Waals surface area contributed by atoms with Gasteiger partial charge < -0.3 is 14.4 Å². The van der Waals surface area contributed by atoms with Gasteiger partial charge in [0.1, 0.15) is 11.7 Å². The average molecular weight is 337 g/mol. The summed E-state index contributed by atoms with van der Waals surface area (Å²) in [4.78, 5) is 25.8. The first-order valence-corrected chi connectivity index (χ1v) is 8.59. The predicted molar refractivity (Wildman–Crippen MR) is 94.7 cm³/mol. The largest absolute Gasteiger partial charge is 0.459 e. The molecule has 0 unspecified atom stereocenters. The number of amides is 1. The van der Waals surface area contributed by atoms with Crippen LogP contribution in [0.5, 0.6) is 0 Å². The maximum Gasteiger partial charge on any atom is 0.410 e. The van der Waals surface area contributed by atoms with E-state index in [1.54, 1.807) is 4.90 Å². The van der Waals surface area contributed by atoms with Gasteiger partial charge in [0.2, 0.25) is 0 Å². The van der Waals surface area contributed by atoms with Crippen LogP contribution in [0.15, 0.2) is 24.8 Å². The molecule has 2 atom stereocenters. The Morgan fingerprint density at radius 3 is 2.54 bits per heavy atom. The van der Waals surface area contributed by atoms with Gasteiger partial charge in [-0.05, 0) is 47.0 Å². The highest BCUT2D eigenvalue weighted by atomic mass is 16.6. The molecule has 1 fully saturated rings. The lowest BCUT2D eigenvalue weighted by atomic mass is 9.95. The predicted octanol–water partition coefficient (Wildman–Crippen LogP) is 4.23. The smallest absolute Gasteiger partial charge is 0.410 e. The minimum absolute atomic E-state index is 0.00978. The maximum atomic E-state index is 12.5. The lowest BCUT2D eigenvalue weighted by Crippen LogP contribution is -2.47. The molecule has 0 radical (unpaired) electrons. The van der Waals surface area contributed by atoms with E-state index in [0.717, 1.165) is 30.9 Å². The van der Waals surface area contributed by atoms with Crippen molar-refractivity contribution < 1.29 is 19.1 Å². The SMILES string of the molecule is C=CC(=O)O[C@@H](CC(=C)C)C[C@@H]1CCCCN1C(=O)OC(C)(C)C. The van der Waals surface area contributed by atoms with Crippen LogP contribution in [0.4, 0.5) is 4.79 Å². The lowest BCUT2D eigenvalue weighted by molar-refractivity contribution is -0.143. The van der Waals surface area contributed by atoms with Crippen molar-refractivity contribution >= 4 is 12.1 Å². The zero-order valence-corrected chi connectivity index (χ0v) is 15.5. The molecular weight excluding hydrogens is 306 g/mol. The minimum atomic E-state index is -0.522. The molecule has 1 rings (SSSR count). The van der Waals surface area contributed by atoms with Crippen molar-refractivity contribution in [2.24, 2.45) is 0 Å². The van der Waals surface area contributed by atoms with Gasteiger partial charge in [-0.15, -0.1) is 6.58 Å². The van der Waals surface area contributed by atoms with Gasteiger partial charge in [0.05, 0.1) is 0 Å². The van der Waals surface area contributed by atoms with Crippen LogP contribution in [0.1, 0.15) is 59.8 Å². The van der Waals surface area contributed by atoms with Crippen LogP contribution < -0.4 is 0 Å². The number of nitrogens with zero attached hydrogens (tertiary/aromatic N) is 1. The highest BCUT2D eigenvalue weighted by Crippen LogP contribution is 2.26. The number of rotatable bonds is 6. The van der Waals surface area contributed by atoms with Gasteiger partial charge in [-0.3, -0.25) is 0 Å². The number of likely N-dealkylation sites (tertiary alicyclic amines) is 1. The van der Waals surface area contributed by atoms with Gasteiger partial charge in [-0.25, -0.2) is 9.59 Å². The van der Waals surface area contributed by atoms with Gasteiger partial charge in [0, 0.05) is 31.5 Å². The van der Waals surface area contributed by atoms with Gasteiger partial charge in [0.25, 0.3) is 0 Å². The molecule has 24 heavy (non-hydrogen) atoms. The Kier molecular flexibility index (Phi) is 7.52. The molecule has 0 saturated carbocycles. The molecule has 5 nitrogen and oxygen atoms in total. The normalized spacial score (nSPS) is 19.3. The van der Waals surface area contributed by atoms with E-state index in [1.807, 2.05) is 27.7 Å². The average Bonchev–Trinajstić information content (AvgIpc) is 2.45. The second kappa shape index (κ2) is 8.90. The fourth-order valence-corrected chi connectivity index (χ4v) is 2.88. The molecule has 0 aromatic heterocycles. The molecular formula is C19H31NO4. The Morgan fingerprint density at radius 1 is 1.33 bits per heavy atom. The third kappa shape index (κ3) is 7.20. The standard InChI is InChI=1S/C19H31NO4/c1-7-17(21)23-16(12-14(2)3)13-15-10-8-9-11-20(15)18(22)24-19(4,5)6/h7,15-16H,1-2,8-13H2,3-6H3/t15-,16-/m0/s1. The van der Waals surface area contributed by atoms with Gasteiger partial charge in [0.15, 0.2) is 0 Å². The monoisotopic (exact) mass is 337 g/mol. The van der Waals surface area contributed by atoms with Crippen LogP contribution in [0.2, 0.25) is 0 Å². The molecule has 1 saturated heterocycles. The molecule has 0 spiro atoms. The van der Waals surface area contributed by atoms with Crippen LogP contribution in [-0.4, -0.2) is 41.3 Å². The molecule has 1 aliphatic rings. The van der Waals surface area contributed by atoms with E-state index in [4.69, 9.17) is 9.47 Å². The summed E-state index contributed by atoms with van der Waals surface area (Å²) in [5, 5.41) is 0. The maximum absolute atomic E-state index is 12.5. The van der Waals surface area contributed by atoms with Crippen molar-refractivity contribution in [1.82, 2.24) is 4.90 Å². The number of carbonyl (C=O) groups excluding carboxylic acids is 2. The topological polar surface area (TPSA) is 55.8 Å². The number of ether oxygens (including phenoxy) is 2. The van der Waals surface area contributed by atoms with E-state index in [0.29, 0.717) is 19.4 Å². The molecule has 1 heterocycles. The summed E-state index contributed by atoms with van der Waals surface area (Å²) in [7, 11) is 0. The molecule has 1 amide bonds. The van der Waals surface area contributed by atoms with Crippen molar-refractivity contribution in [3.63, 3.8) is 0 Å². The quantitative estimate of drug-likeness (QED) is 0.413. The molecule has 0 aliphatic carbocycles. The first-order chi connectivity index (χ1) is 11.1. The Balaban J connectivity index is 2.80. The number of esters is 1. The summed E-state index contributed by atoms with van der Waals surface area (Å²) in [6.45, 7) is 15.5. The fourth-order valence-electron chi connectivity index (χ4n) is 2.88. The highest BCUT2D eigenvalue weighted by molar-refractivity contribution is 5.81. The second-order valence-corrected chi connectivity index (χ2v) is 7.48. The van der Waals surface area contributed by atoms with E-state index < -0.39 is 11.6 Å². The molecule has 0 bridgehead atoms. The summed E-state index contributed by atoms with van der Waals surface area (Å²) >= 11 is 0. The molecule has 136 valence electrons. The van der Waals surface area contributed by atoms with Crippen LogP contribution >= 0.6 is 0 Å². The van der Waals surface area contributed by atoms with E-state index in [1.165, 1.54) is 0 Å². The Hall–Kier alpha value is -1.78. The van der Waals surface area contributed by atoms with E-state index in [9.17, 15) is 9.59 Å².